The van der Waals surface area contributed by atoms with Crippen molar-refractivity contribution in [3.8, 4) is 11.5 Å². The molecule has 1 aromatic carbocycles. The van der Waals surface area contributed by atoms with Gasteiger partial charge in [-0.15, -0.1) is 0 Å². The highest BCUT2D eigenvalue weighted by molar-refractivity contribution is 7.99. The van der Waals surface area contributed by atoms with Crippen LogP contribution in [0.3, 0.4) is 0 Å². The van der Waals surface area contributed by atoms with Crippen LogP contribution in [0, 0.1) is 0 Å². The quantitative estimate of drug-likeness (QED) is 0.430. The van der Waals surface area contributed by atoms with Crippen LogP contribution in [-0.2, 0) is 4.79 Å². The van der Waals surface area contributed by atoms with Gasteiger partial charge in [0.1, 0.15) is 22.5 Å². The van der Waals surface area contributed by atoms with Crippen LogP contribution in [0.1, 0.15) is 24.8 Å². The van der Waals surface area contributed by atoms with E-state index >= 15 is 0 Å². The summed E-state index contributed by atoms with van der Waals surface area (Å²) in [6, 6.07) is 2.41. The number of rotatable bonds is 5. The molecule has 1 aromatic heterocycles. The first-order valence-corrected chi connectivity index (χ1v) is 10.0. The molecule has 28 heavy (non-hydrogen) atoms. The van der Waals surface area contributed by atoms with Gasteiger partial charge in [0.25, 0.3) is 0 Å². The minimum Gasteiger partial charge on any atom is -0.507 e. The number of aromatic hydroxyl groups is 2. The number of nitrogens with one attached hydrogen (secondary N) is 1. The number of aliphatic hydroxyl groups is 1. The van der Waals surface area contributed by atoms with E-state index in [9.17, 15) is 24.9 Å². The molecule has 3 rings (SSSR count). The smallest absolute Gasteiger partial charge is 0.216 e. The number of piperidine rings is 1. The maximum atomic E-state index is 12.6. The van der Waals surface area contributed by atoms with Crippen molar-refractivity contribution in [1.82, 2.24) is 10.2 Å². The lowest BCUT2D eigenvalue weighted by atomic mass is 9.85. The van der Waals surface area contributed by atoms with Crippen LogP contribution < -0.4 is 10.7 Å². The van der Waals surface area contributed by atoms with Crippen LogP contribution in [0.25, 0.3) is 11.0 Å². The summed E-state index contributed by atoms with van der Waals surface area (Å²) in [5.74, 6) is -0.634. The maximum Gasteiger partial charge on any atom is 0.216 e. The second kappa shape index (κ2) is 8.42. The molecule has 0 spiro atoms. The van der Waals surface area contributed by atoms with Gasteiger partial charge in [-0.3, -0.25) is 9.59 Å². The minimum atomic E-state index is -0.737. The summed E-state index contributed by atoms with van der Waals surface area (Å²) in [5.41, 5.74) is 0.0138. The number of hydrogen-bond acceptors (Lipinski definition) is 8. The summed E-state index contributed by atoms with van der Waals surface area (Å²) in [6.45, 7) is 2.99. The monoisotopic (exact) mass is 408 g/mol. The Morgan fingerprint density at radius 1 is 1.36 bits per heavy atom. The number of nitrogens with zero attached hydrogens (tertiary/aromatic N) is 1. The number of hydrogen-bond donors (Lipinski definition) is 4. The second-order valence-corrected chi connectivity index (χ2v) is 8.12. The summed E-state index contributed by atoms with van der Waals surface area (Å²) in [7, 11) is 1.90. The van der Waals surface area contributed by atoms with Crippen LogP contribution in [0.4, 0.5) is 0 Å². The van der Waals surface area contributed by atoms with Crippen molar-refractivity contribution in [3.05, 3.63) is 27.9 Å². The predicted molar refractivity (Wildman–Crippen MR) is 106 cm³/mol. The van der Waals surface area contributed by atoms with Gasteiger partial charge in [-0.05, 0) is 20.0 Å². The van der Waals surface area contributed by atoms with Gasteiger partial charge in [0, 0.05) is 49.4 Å². The second-order valence-electron chi connectivity index (χ2n) is 7.02. The molecule has 2 atom stereocenters. The van der Waals surface area contributed by atoms with Crippen LogP contribution in [0.15, 0.2) is 26.4 Å². The van der Waals surface area contributed by atoms with Crippen LogP contribution in [0.2, 0.25) is 0 Å². The number of aliphatic hydroxyl groups excluding tert-OH is 1. The van der Waals surface area contributed by atoms with Crippen molar-refractivity contribution in [1.29, 1.82) is 0 Å². The Labute approximate surface area is 166 Å². The van der Waals surface area contributed by atoms with Gasteiger partial charge in [0.15, 0.2) is 10.5 Å². The predicted octanol–water partition coefficient (Wildman–Crippen LogP) is 1.21. The number of amides is 1. The fourth-order valence-corrected chi connectivity index (χ4v) is 4.27. The van der Waals surface area contributed by atoms with Crippen molar-refractivity contribution in [2.75, 3.05) is 32.4 Å². The molecule has 9 heteroatoms. The van der Waals surface area contributed by atoms with E-state index in [1.165, 1.54) is 24.8 Å². The molecule has 1 aliphatic heterocycles. The molecule has 8 nitrogen and oxygen atoms in total. The number of fused-ring (bicyclic) bond motifs is 1. The molecule has 152 valence electrons. The van der Waals surface area contributed by atoms with E-state index in [1.807, 2.05) is 11.9 Å². The topological polar surface area (TPSA) is 123 Å². The lowest BCUT2D eigenvalue weighted by molar-refractivity contribution is -0.118. The Balaban J connectivity index is 2.02. The molecule has 0 aliphatic carbocycles. The minimum absolute atomic E-state index is 0.00913. The summed E-state index contributed by atoms with van der Waals surface area (Å²) in [6.07, 6.45) is -0.159. The van der Waals surface area contributed by atoms with E-state index in [2.05, 4.69) is 5.32 Å². The molecule has 1 saturated heterocycles. The van der Waals surface area contributed by atoms with E-state index < -0.39 is 17.5 Å². The molecular weight excluding hydrogens is 384 g/mol. The summed E-state index contributed by atoms with van der Waals surface area (Å²) in [5, 5.41) is 34.2. The van der Waals surface area contributed by atoms with E-state index in [-0.39, 0.29) is 28.4 Å². The van der Waals surface area contributed by atoms with Crippen molar-refractivity contribution in [2.45, 2.75) is 30.5 Å². The van der Waals surface area contributed by atoms with Crippen molar-refractivity contribution < 1.29 is 24.5 Å². The van der Waals surface area contributed by atoms with E-state index in [0.29, 0.717) is 35.9 Å². The Morgan fingerprint density at radius 3 is 2.79 bits per heavy atom. The SMILES string of the molecule is CC(=O)NCCSc1cc(=O)c2c(O)cc(O)c([C@@H]3CCN(C)C[C@@H]3O)c2o1. The molecule has 1 amide bonds. The molecular formula is C19H24N2O6S. The highest BCUT2D eigenvalue weighted by Gasteiger charge is 2.32. The molecule has 0 saturated carbocycles. The van der Waals surface area contributed by atoms with Crippen molar-refractivity contribution in [3.63, 3.8) is 0 Å². The van der Waals surface area contributed by atoms with Crippen molar-refractivity contribution >= 4 is 28.6 Å². The molecule has 0 bridgehead atoms. The average Bonchev–Trinajstić information content (AvgIpc) is 2.59. The fourth-order valence-electron chi connectivity index (χ4n) is 3.53. The number of phenols is 2. The number of likely N-dealkylation sites (tertiary alicyclic amines) is 1. The Hall–Kier alpha value is -2.23. The largest absolute Gasteiger partial charge is 0.507 e. The third-order valence-electron chi connectivity index (χ3n) is 4.85. The fraction of sp³-hybridized carbons (Fsp3) is 0.474. The zero-order chi connectivity index (χ0) is 20.4. The number of β-amino-alcohol motifs (C(OH)–C–C–N with tert-alkyl or cyclic N) is 1. The Kier molecular flexibility index (Phi) is 6.17. The van der Waals surface area contributed by atoms with Crippen LogP contribution in [0.5, 0.6) is 11.5 Å². The molecule has 1 fully saturated rings. The standard InChI is InChI=1S/C19H24N2O6S/c1-10(22)20-4-6-28-16-8-14(25)18-13(24)7-12(23)17(19(18)27-16)11-3-5-21(2)9-15(11)26/h7-8,11,15,23-24,26H,3-6,9H2,1-2H3,(H,20,22)/t11-,15+/m1/s1. The first-order chi connectivity index (χ1) is 13.3. The van der Waals surface area contributed by atoms with Gasteiger partial charge in [0.05, 0.1) is 6.10 Å². The highest BCUT2D eigenvalue weighted by Crippen LogP contribution is 2.42. The molecule has 2 aromatic rings. The Morgan fingerprint density at radius 2 is 2.11 bits per heavy atom. The van der Waals surface area contributed by atoms with E-state index in [4.69, 9.17) is 4.42 Å². The van der Waals surface area contributed by atoms with Gasteiger partial charge < -0.3 is 30.0 Å². The summed E-state index contributed by atoms with van der Waals surface area (Å²) >= 11 is 1.24. The number of phenolic OH excluding ortho intramolecular Hbond substituents is 2. The zero-order valence-corrected chi connectivity index (χ0v) is 16.6. The highest BCUT2D eigenvalue weighted by atomic mass is 32.2. The van der Waals surface area contributed by atoms with Crippen LogP contribution >= 0.6 is 11.8 Å². The van der Waals surface area contributed by atoms with E-state index in [0.717, 1.165) is 12.6 Å². The number of carbonyl (C=O) groups excluding carboxylic acids is 1. The molecule has 4 N–H and O–H groups in total. The van der Waals surface area contributed by atoms with Gasteiger partial charge in [-0.2, -0.15) is 0 Å². The van der Waals surface area contributed by atoms with Gasteiger partial charge in [-0.25, -0.2) is 0 Å². The lowest BCUT2D eigenvalue weighted by Gasteiger charge is -2.34. The van der Waals surface area contributed by atoms with Crippen LogP contribution in [-0.4, -0.2) is 64.7 Å². The zero-order valence-electron chi connectivity index (χ0n) is 15.8. The third kappa shape index (κ3) is 4.26. The third-order valence-corrected chi connectivity index (χ3v) is 5.75. The normalized spacial score (nSPS) is 20.4. The lowest BCUT2D eigenvalue weighted by Crippen LogP contribution is -2.40. The molecule has 0 unspecified atom stereocenters. The Bertz CT molecular complexity index is 944. The summed E-state index contributed by atoms with van der Waals surface area (Å²) in [4.78, 5) is 25.5. The summed E-state index contributed by atoms with van der Waals surface area (Å²) < 4.78 is 5.88. The number of carbonyl (C=O) groups is 1. The molecule has 2 heterocycles. The first kappa shape index (κ1) is 20.5. The average molecular weight is 408 g/mol. The van der Waals surface area contributed by atoms with Gasteiger partial charge in [-0.1, -0.05) is 11.8 Å². The maximum absolute atomic E-state index is 12.6. The number of thioether (sulfide) groups is 1. The van der Waals surface area contributed by atoms with E-state index in [1.54, 1.807) is 0 Å². The number of likely N-dealkylation sites (N-methyl/N-ethyl adjacent to an activating group) is 1. The van der Waals surface area contributed by atoms with Gasteiger partial charge >= 0.3 is 0 Å². The first-order valence-electron chi connectivity index (χ1n) is 9.04. The van der Waals surface area contributed by atoms with Gasteiger partial charge in [0.2, 0.25) is 5.91 Å². The molecule has 0 radical (unpaired) electrons. The number of benzene rings is 1. The van der Waals surface area contributed by atoms with Crippen molar-refractivity contribution in [2.24, 2.45) is 0 Å². The molecule has 1 aliphatic rings.